The molecule has 0 spiro atoms. The molecule has 0 aromatic heterocycles. The van der Waals surface area contributed by atoms with E-state index in [4.69, 9.17) is 0 Å². The molecule has 30 heavy (non-hydrogen) atoms. The lowest BCUT2D eigenvalue weighted by Gasteiger charge is -2.56. The van der Waals surface area contributed by atoms with Crippen LogP contribution in [0.1, 0.15) is 91.3 Å². The van der Waals surface area contributed by atoms with Crippen LogP contribution in [0.5, 0.6) is 0 Å². The zero-order chi connectivity index (χ0) is 20.7. The summed E-state index contributed by atoms with van der Waals surface area (Å²) in [6.07, 6.45) is 11.9. The average molecular weight is 409 g/mol. The third-order valence-electron chi connectivity index (χ3n) is 7.86. The largest absolute Gasteiger partial charge is 0.351 e. The first-order valence-corrected chi connectivity index (χ1v) is 11.8. The molecule has 1 aromatic rings. The Hall–Kier alpha value is -2.17. The highest BCUT2D eigenvalue weighted by molar-refractivity contribution is 6.21. The molecule has 5 aliphatic rings. The van der Waals surface area contributed by atoms with E-state index < -0.39 is 0 Å². The predicted octanol–water partition coefficient (Wildman–Crippen LogP) is 4.32. The van der Waals surface area contributed by atoms with Crippen molar-refractivity contribution in [3.05, 3.63) is 35.4 Å². The standard InChI is InChI=1S/C25H32N2O3/c28-22(26-25-14-17-11-18(15-25)13-19(12-17)16-25)9-3-1-2-6-10-27-23(29)20-7-4-5-8-21(20)24(27)30/h4-5,7-8,17-19H,1-3,6,9-16H2,(H,26,28). The van der Waals surface area contributed by atoms with E-state index in [1.165, 1.54) is 43.4 Å². The fraction of sp³-hybridized carbons (Fsp3) is 0.640. The Labute approximate surface area is 178 Å². The zero-order valence-electron chi connectivity index (χ0n) is 17.7. The number of hydrogen-bond donors (Lipinski definition) is 1. The van der Waals surface area contributed by atoms with Crippen molar-refractivity contribution in [2.45, 2.75) is 76.2 Å². The highest BCUT2D eigenvalue weighted by atomic mass is 16.2. The van der Waals surface area contributed by atoms with Crippen molar-refractivity contribution in [3.8, 4) is 0 Å². The summed E-state index contributed by atoms with van der Waals surface area (Å²) < 4.78 is 0. The van der Waals surface area contributed by atoms with Gasteiger partial charge >= 0.3 is 0 Å². The number of carbonyl (C=O) groups excluding carboxylic acids is 3. The number of nitrogens with zero attached hydrogens (tertiary/aromatic N) is 1. The fourth-order valence-corrected chi connectivity index (χ4v) is 6.97. The Kier molecular flexibility index (Phi) is 5.16. The van der Waals surface area contributed by atoms with Crippen molar-refractivity contribution in [2.24, 2.45) is 17.8 Å². The van der Waals surface area contributed by atoms with Gasteiger partial charge in [-0.15, -0.1) is 0 Å². The molecule has 4 aliphatic carbocycles. The Morgan fingerprint density at radius 2 is 1.40 bits per heavy atom. The molecule has 0 unspecified atom stereocenters. The van der Waals surface area contributed by atoms with E-state index in [1.54, 1.807) is 24.3 Å². The number of amides is 3. The van der Waals surface area contributed by atoms with Crippen LogP contribution in [0, 0.1) is 17.8 Å². The van der Waals surface area contributed by atoms with Gasteiger partial charge in [0.2, 0.25) is 5.91 Å². The van der Waals surface area contributed by atoms with E-state index in [0.29, 0.717) is 24.1 Å². The number of carbonyl (C=O) groups is 3. The summed E-state index contributed by atoms with van der Waals surface area (Å²) in [4.78, 5) is 38.7. The summed E-state index contributed by atoms with van der Waals surface area (Å²) in [6, 6.07) is 7.03. The molecule has 4 fully saturated rings. The summed E-state index contributed by atoms with van der Waals surface area (Å²) in [5, 5.41) is 3.45. The fourth-order valence-electron chi connectivity index (χ4n) is 6.97. The van der Waals surface area contributed by atoms with E-state index in [2.05, 4.69) is 5.32 Å². The van der Waals surface area contributed by atoms with E-state index >= 15 is 0 Å². The lowest BCUT2D eigenvalue weighted by Crippen LogP contribution is -2.59. The first-order valence-electron chi connectivity index (χ1n) is 11.8. The molecule has 1 aromatic carbocycles. The molecule has 6 rings (SSSR count). The monoisotopic (exact) mass is 408 g/mol. The van der Waals surface area contributed by atoms with Crippen LogP contribution in [-0.4, -0.2) is 34.7 Å². The molecular formula is C25H32N2O3. The van der Waals surface area contributed by atoms with E-state index in [9.17, 15) is 14.4 Å². The highest BCUT2D eigenvalue weighted by Crippen LogP contribution is 2.55. The van der Waals surface area contributed by atoms with Crippen LogP contribution in [0.3, 0.4) is 0 Å². The molecule has 0 radical (unpaired) electrons. The van der Waals surface area contributed by atoms with Crippen LogP contribution in [0.15, 0.2) is 24.3 Å². The summed E-state index contributed by atoms with van der Waals surface area (Å²) in [6.45, 7) is 0.464. The van der Waals surface area contributed by atoms with Gasteiger partial charge in [0.1, 0.15) is 0 Å². The normalized spacial score (nSPS) is 31.3. The van der Waals surface area contributed by atoms with Crippen molar-refractivity contribution < 1.29 is 14.4 Å². The first kappa shape index (κ1) is 19.8. The smallest absolute Gasteiger partial charge is 0.261 e. The molecule has 3 amide bonds. The van der Waals surface area contributed by atoms with Gasteiger partial charge in [0.15, 0.2) is 0 Å². The van der Waals surface area contributed by atoms with Crippen LogP contribution in [0.2, 0.25) is 0 Å². The maximum absolute atomic E-state index is 12.6. The minimum Gasteiger partial charge on any atom is -0.351 e. The number of nitrogens with one attached hydrogen (secondary N) is 1. The molecule has 0 saturated heterocycles. The van der Waals surface area contributed by atoms with Gasteiger partial charge in [0, 0.05) is 18.5 Å². The van der Waals surface area contributed by atoms with Crippen LogP contribution in [0.25, 0.3) is 0 Å². The molecule has 4 saturated carbocycles. The van der Waals surface area contributed by atoms with Crippen LogP contribution >= 0.6 is 0 Å². The molecule has 1 heterocycles. The minimum absolute atomic E-state index is 0.108. The van der Waals surface area contributed by atoms with Crippen LogP contribution in [0.4, 0.5) is 0 Å². The predicted molar refractivity (Wildman–Crippen MR) is 114 cm³/mol. The Balaban J connectivity index is 1.01. The van der Waals surface area contributed by atoms with Crippen LogP contribution in [-0.2, 0) is 4.79 Å². The van der Waals surface area contributed by atoms with Gasteiger partial charge in [0.05, 0.1) is 11.1 Å². The number of fused-ring (bicyclic) bond motifs is 1. The van der Waals surface area contributed by atoms with Crippen molar-refractivity contribution in [1.29, 1.82) is 0 Å². The van der Waals surface area contributed by atoms with Crippen molar-refractivity contribution >= 4 is 17.7 Å². The Morgan fingerprint density at radius 3 is 1.97 bits per heavy atom. The topological polar surface area (TPSA) is 66.5 Å². The van der Waals surface area contributed by atoms with Gasteiger partial charge in [-0.1, -0.05) is 25.0 Å². The van der Waals surface area contributed by atoms with Gasteiger partial charge in [-0.05, 0) is 81.3 Å². The number of imide groups is 1. The number of unbranched alkanes of at least 4 members (excludes halogenated alkanes) is 3. The maximum Gasteiger partial charge on any atom is 0.261 e. The second-order valence-corrected chi connectivity index (χ2v) is 10.2. The molecule has 1 aliphatic heterocycles. The molecular weight excluding hydrogens is 376 g/mol. The third kappa shape index (κ3) is 3.67. The number of rotatable bonds is 8. The second kappa shape index (κ2) is 7.82. The summed E-state index contributed by atoms with van der Waals surface area (Å²) in [5.74, 6) is 2.41. The molecule has 1 N–H and O–H groups in total. The van der Waals surface area contributed by atoms with Gasteiger partial charge in [-0.2, -0.15) is 0 Å². The molecule has 160 valence electrons. The van der Waals surface area contributed by atoms with Crippen molar-refractivity contribution in [1.82, 2.24) is 10.2 Å². The zero-order valence-corrected chi connectivity index (χ0v) is 17.7. The number of benzene rings is 1. The lowest BCUT2D eigenvalue weighted by molar-refractivity contribution is -0.127. The van der Waals surface area contributed by atoms with Crippen LogP contribution < -0.4 is 5.32 Å². The van der Waals surface area contributed by atoms with E-state index in [1.807, 2.05) is 0 Å². The molecule has 0 atom stereocenters. The van der Waals surface area contributed by atoms with Gasteiger partial charge in [-0.25, -0.2) is 0 Å². The first-order chi connectivity index (χ1) is 14.5. The summed E-state index contributed by atoms with van der Waals surface area (Å²) in [5.41, 5.74) is 1.14. The van der Waals surface area contributed by atoms with Crippen molar-refractivity contribution in [2.75, 3.05) is 6.54 Å². The SMILES string of the molecule is O=C(CCCCCCN1C(=O)c2ccccc2C1=O)NC12CC3CC(CC(C3)C1)C2. The van der Waals surface area contributed by atoms with Gasteiger partial charge in [0.25, 0.3) is 11.8 Å². The second-order valence-electron chi connectivity index (χ2n) is 10.2. The van der Waals surface area contributed by atoms with Crippen molar-refractivity contribution in [3.63, 3.8) is 0 Å². The van der Waals surface area contributed by atoms with E-state index in [-0.39, 0.29) is 23.3 Å². The van der Waals surface area contributed by atoms with E-state index in [0.717, 1.165) is 43.4 Å². The van der Waals surface area contributed by atoms with Gasteiger partial charge in [-0.3, -0.25) is 19.3 Å². The maximum atomic E-state index is 12.6. The van der Waals surface area contributed by atoms with Gasteiger partial charge < -0.3 is 5.32 Å². The highest BCUT2D eigenvalue weighted by Gasteiger charge is 2.51. The Morgan fingerprint density at radius 1 is 0.867 bits per heavy atom. The number of hydrogen-bond acceptors (Lipinski definition) is 3. The molecule has 5 nitrogen and oxygen atoms in total. The lowest BCUT2D eigenvalue weighted by atomic mass is 9.53. The molecule has 4 bridgehead atoms. The average Bonchev–Trinajstić information content (AvgIpc) is 2.94. The third-order valence-corrected chi connectivity index (χ3v) is 7.86. The summed E-state index contributed by atoms with van der Waals surface area (Å²) in [7, 11) is 0. The summed E-state index contributed by atoms with van der Waals surface area (Å²) >= 11 is 0. The molecule has 5 heteroatoms. The minimum atomic E-state index is -0.175. The Bertz CT molecular complexity index is 791. The quantitative estimate of drug-likeness (QED) is 0.515.